The minimum absolute atomic E-state index is 0.0177. The third-order valence-corrected chi connectivity index (χ3v) is 6.56. The quantitative estimate of drug-likeness (QED) is 0.570. The molecule has 0 spiro atoms. The van der Waals surface area contributed by atoms with Gasteiger partial charge < -0.3 is 21.3 Å². The predicted molar refractivity (Wildman–Crippen MR) is 116 cm³/mol. The highest BCUT2D eigenvalue weighted by molar-refractivity contribution is 8.03. The molecule has 2 amide bonds. The fourth-order valence-corrected chi connectivity index (χ4v) is 5.08. The van der Waals surface area contributed by atoms with Gasteiger partial charge in [0.2, 0.25) is 11.8 Å². The number of carbonyl (C=O) groups excluding carboxylic acids is 2. The van der Waals surface area contributed by atoms with Crippen molar-refractivity contribution >= 4 is 40.6 Å². The molecule has 1 aromatic rings. The van der Waals surface area contributed by atoms with E-state index in [1.165, 1.54) is 23.1 Å². The van der Waals surface area contributed by atoms with Crippen LogP contribution in [0.25, 0.3) is 5.70 Å². The second-order valence-electron chi connectivity index (χ2n) is 7.49. The number of rotatable bonds is 8. The molecule has 2 heterocycles. The maximum Gasteiger partial charge on any atom is 0.239 e. The molecule has 0 radical (unpaired) electrons. The highest BCUT2D eigenvalue weighted by atomic mass is 32.2. The minimum atomic E-state index is -1.02. The Hall–Kier alpha value is -2.09. The molecular weight excluding hydrogens is 408 g/mol. The Labute approximate surface area is 179 Å². The van der Waals surface area contributed by atoms with E-state index in [0.29, 0.717) is 0 Å². The first-order chi connectivity index (χ1) is 13.6. The van der Waals surface area contributed by atoms with E-state index >= 15 is 0 Å². The number of thioether (sulfide) groups is 1. The van der Waals surface area contributed by atoms with Crippen LogP contribution >= 0.6 is 23.1 Å². The van der Waals surface area contributed by atoms with Crippen LogP contribution in [0.2, 0.25) is 0 Å². The summed E-state index contributed by atoms with van der Waals surface area (Å²) in [6.45, 7) is 9.62. The Morgan fingerprint density at radius 1 is 1.38 bits per heavy atom. The maximum atomic E-state index is 12.7. The number of aryl methyl sites for hydroxylation is 1. The molecule has 0 saturated heterocycles. The SMILES string of the molecule is Cc1ncsc1C1=CSC(CC#N)(NC(=O)C(N)CC(=O)N(C(C)C)C(C)C)N1. The van der Waals surface area contributed by atoms with Gasteiger partial charge in [-0.2, -0.15) is 5.26 Å². The smallest absolute Gasteiger partial charge is 0.239 e. The Morgan fingerprint density at radius 2 is 2.03 bits per heavy atom. The van der Waals surface area contributed by atoms with Crippen LogP contribution in [0, 0.1) is 18.3 Å². The van der Waals surface area contributed by atoms with Crippen LogP contribution in [0.1, 0.15) is 51.1 Å². The molecule has 0 aromatic carbocycles. The number of nitrogens with two attached hydrogens (primary N) is 1. The number of hydrogen-bond donors (Lipinski definition) is 3. The molecule has 0 saturated carbocycles. The number of thiazole rings is 1. The molecule has 2 atom stereocenters. The zero-order chi connectivity index (χ0) is 21.8. The monoisotopic (exact) mass is 436 g/mol. The fourth-order valence-electron chi connectivity index (χ4n) is 3.26. The minimum Gasteiger partial charge on any atom is -0.352 e. The van der Waals surface area contributed by atoms with Gasteiger partial charge in [-0.25, -0.2) is 4.98 Å². The van der Waals surface area contributed by atoms with Crippen molar-refractivity contribution in [3.63, 3.8) is 0 Å². The van der Waals surface area contributed by atoms with Crippen molar-refractivity contribution in [1.82, 2.24) is 20.5 Å². The van der Waals surface area contributed by atoms with Gasteiger partial charge in [-0.3, -0.25) is 9.59 Å². The lowest BCUT2D eigenvalue weighted by atomic mass is 10.1. The molecule has 4 N–H and O–H groups in total. The summed E-state index contributed by atoms with van der Waals surface area (Å²) in [7, 11) is 0. The number of aromatic nitrogens is 1. The van der Waals surface area contributed by atoms with E-state index < -0.39 is 16.9 Å². The summed E-state index contributed by atoms with van der Waals surface area (Å²) in [5, 5.41) is 17.2. The molecule has 10 heteroatoms. The van der Waals surface area contributed by atoms with E-state index in [0.717, 1.165) is 16.3 Å². The molecular formula is C19H28N6O2S2. The van der Waals surface area contributed by atoms with E-state index in [9.17, 15) is 14.9 Å². The van der Waals surface area contributed by atoms with Crippen LogP contribution in [0.5, 0.6) is 0 Å². The number of carbonyl (C=O) groups is 2. The molecule has 29 heavy (non-hydrogen) atoms. The normalized spacial score (nSPS) is 19.5. The third kappa shape index (κ3) is 5.50. The predicted octanol–water partition coefficient (Wildman–Crippen LogP) is 2.13. The van der Waals surface area contributed by atoms with Gasteiger partial charge in [-0.1, -0.05) is 11.8 Å². The highest BCUT2D eigenvalue weighted by Crippen LogP contribution is 2.38. The molecule has 1 aliphatic rings. The largest absolute Gasteiger partial charge is 0.352 e. The Kier molecular flexibility index (Phi) is 7.68. The first kappa shape index (κ1) is 23.2. The summed E-state index contributed by atoms with van der Waals surface area (Å²) in [4.78, 5) is 31.2. The zero-order valence-electron chi connectivity index (χ0n) is 17.4. The van der Waals surface area contributed by atoms with E-state index in [4.69, 9.17) is 5.73 Å². The van der Waals surface area contributed by atoms with Gasteiger partial charge >= 0.3 is 0 Å². The first-order valence-corrected chi connectivity index (χ1v) is 11.2. The molecule has 8 nitrogen and oxygen atoms in total. The lowest BCUT2D eigenvalue weighted by Gasteiger charge is -2.33. The van der Waals surface area contributed by atoms with E-state index in [-0.39, 0.29) is 30.8 Å². The molecule has 158 valence electrons. The van der Waals surface area contributed by atoms with Gasteiger partial charge in [-0.15, -0.1) is 11.3 Å². The lowest BCUT2D eigenvalue weighted by molar-refractivity contribution is -0.137. The van der Waals surface area contributed by atoms with Crippen LogP contribution < -0.4 is 16.4 Å². The van der Waals surface area contributed by atoms with Crippen LogP contribution in [-0.4, -0.2) is 44.8 Å². The zero-order valence-corrected chi connectivity index (χ0v) is 19.0. The Balaban J connectivity index is 2.06. The van der Waals surface area contributed by atoms with Gasteiger partial charge in [0, 0.05) is 12.1 Å². The summed E-state index contributed by atoms with van der Waals surface area (Å²) in [6.07, 6.45) is -0.0598. The molecule has 1 aromatic heterocycles. The van der Waals surface area contributed by atoms with E-state index in [2.05, 4.69) is 21.7 Å². The van der Waals surface area contributed by atoms with Crippen LogP contribution in [0.15, 0.2) is 10.9 Å². The summed E-state index contributed by atoms with van der Waals surface area (Å²) < 4.78 is 0. The lowest BCUT2D eigenvalue weighted by Crippen LogP contribution is -2.58. The van der Waals surface area contributed by atoms with Crippen LogP contribution in [0.4, 0.5) is 0 Å². The average molecular weight is 437 g/mol. The second kappa shape index (κ2) is 9.61. The number of amides is 2. The van der Waals surface area contributed by atoms with Gasteiger partial charge in [0.1, 0.15) is 0 Å². The summed E-state index contributed by atoms with van der Waals surface area (Å²) >= 11 is 2.79. The van der Waals surface area contributed by atoms with Crippen molar-refractivity contribution in [1.29, 1.82) is 5.26 Å². The van der Waals surface area contributed by atoms with Gasteiger partial charge in [0.25, 0.3) is 0 Å². The molecule has 0 aliphatic carbocycles. The fraction of sp³-hybridized carbons (Fsp3) is 0.579. The van der Waals surface area contributed by atoms with Crippen LogP contribution in [0.3, 0.4) is 0 Å². The number of nitriles is 1. The van der Waals surface area contributed by atoms with Crippen molar-refractivity contribution in [2.24, 2.45) is 5.73 Å². The molecule has 0 fully saturated rings. The topological polar surface area (TPSA) is 124 Å². The number of nitrogens with zero attached hydrogens (tertiary/aromatic N) is 3. The first-order valence-electron chi connectivity index (χ1n) is 9.42. The van der Waals surface area contributed by atoms with E-state index in [1.54, 1.807) is 10.4 Å². The van der Waals surface area contributed by atoms with Crippen molar-refractivity contribution in [2.45, 2.75) is 70.6 Å². The number of hydrogen-bond acceptors (Lipinski definition) is 8. The molecule has 2 rings (SSSR count). The van der Waals surface area contributed by atoms with Crippen LogP contribution in [-0.2, 0) is 9.59 Å². The summed E-state index contributed by atoms with van der Waals surface area (Å²) in [5.41, 5.74) is 9.47. The van der Waals surface area contributed by atoms with Crippen molar-refractivity contribution in [3.05, 3.63) is 21.5 Å². The second-order valence-corrected chi connectivity index (χ2v) is 9.51. The van der Waals surface area contributed by atoms with Gasteiger partial charge in [0.15, 0.2) is 4.99 Å². The number of nitrogens with one attached hydrogen (secondary N) is 2. The van der Waals surface area contributed by atoms with Gasteiger partial charge in [-0.05, 0) is 40.0 Å². The van der Waals surface area contributed by atoms with E-state index in [1.807, 2.05) is 40.0 Å². The van der Waals surface area contributed by atoms with Crippen molar-refractivity contribution in [2.75, 3.05) is 0 Å². The van der Waals surface area contributed by atoms with Gasteiger partial charge in [0.05, 0.1) is 46.7 Å². The average Bonchev–Trinajstić information content (AvgIpc) is 3.20. The van der Waals surface area contributed by atoms with Crippen molar-refractivity contribution in [3.8, 4) is 6.07 Å². The molecule has 2 unspecified atom stereocenters. The summed E-state index contributed by atoms with van der Waals surface area (Å²) in [6, 6.07) is 1.14. The molecule has 1 aliphatic heterocycles. The standard InChI is InChI=1S/C19H28N6O2S2/c1-11(2)25(12(3)4)16(26)8-14(21)18(27)24-19(6-7-20)23-15(9-29-19)17-13(5)22-10-28-17/h9-12,14,23H,6,8,21H2,1-5H3,(H,24,27). The highest BCUT2D eigenvalue weighted by Gasteiger charge is 2.39. The Bertz CT molecular complexity index is 821. The molecule has 0 bridgehead atoms. The third-order valence-electron chi connectivity index (χ3n) is 4.49. The van der Waals surface area contributed by atoms with Crippen molar-refractivity contribution < 1.29 is 9.59 Å². The summed E-state index contributed by atoms with van der Waals surface area (Å²) in [5.74, 6) is -0.644. The Morgan fingerprint density at radius 3 is 2.55 bits per heavy atom. The maximum absolute atomic E-state index is 12.7.